The number of hydrogen-bond donors (Lipinski definition) is 2. The Morgan fingerprint density at radius 3 is 2.80 bits per heavy atom. The number of nitrogens with zero attached hydrogens (tertiary/aromatic N) is 3. The highest BCUT2D eigenvalue weighted by molar-refractivity contribution is 6.33. The van der Waals surface area contributed by atoms with Crippen molar-refractivity contribution in [1.29, 1.82) is 0 Å². The van der Waals surface area contributed by atoms with E-state index in [9.17, 15) is 9.59 Å². The topological polar surface area (TPSA) is 100 Å². The quantitative estimate of drug-likeness (QED) is 0.658. The molecule has 1 aromatic carbocycles. The van der Waals surface area contributed by atoms with Crippen molar-refractivity contribution in [3.05, 3.63) is 51.9 Å². The molecule has 0 atom stereocenters. The van der Waals surface area contributed by atoms with Gasteiger partial charge in [0.2, 0.25) is 5.95 Å². The van der Waals surface area contributed by atoms with E-state index in [1.54, 1.807) is 36.2 Å². The van der Waals surface area contributed by atoms with Gasteiger partial charge in [0.25, 0.3) is 5.56 Å². The Balaban J connectivity index is 1.50. The highest BCUT2D eigenvalue weighted by Gasteiger charge is 2.24. The fourth-order valence-electron chi connectivity index (χ4n) is 3.55. The molecule has 8 nitrogen and oxygen atoms in total. The first-order valence-electron chi connectivity index (χ1n) is 9.88. The van der Waals surface area contributed by atoms with Gasteiger partial charge in [-0.15, -0.1) is 0 Å². The van der Waals surface area contributed by atoms with Gasteiger partial charge in [0.1, 0.15) is 5.65 Å². The first-order valence-corrected chi connectivity index (χ1v) is 10.3. The van der Waals surface area contributed by atoms with E-state index >= 15 is 0 Å². The molecular weight excluding hydrogens is 406 g/mol. The van der Waals surface area contributed by atoms with Gasteiger partial charge in [0.05, 0.1) is 6.61 Å². The Morgan fingerprint density at radius 1 is 1.30 bits per heavy atom. The number of fused-ring (bicyclic) bond motifs is 1. The van der Waals surface area contributed by atoms with Crippen molar-refractivity contribution in [2.75, 3.05) is 25.0 Å². The molecule has 3 aromatic rings. The number of aromatic nitrogens is 3. The van der Waals surface area contributed by atoms with Crippen LogP contribution in [0.2, 0.25) is 5.02 Å². The zero-order valence-electron chi connectivity index (χ0n) is 16.5. The van der Waals surface area contributed by atoms with E-state index in [1.165, 1.54) is 0 Å². The number of pyridine rings is 1. The molecule has 30 heavy (non-hydrogen) atoms. The average molecular weight is 428 g/mol. The predicted octanol–water partition coefficient (Wildman–Crippen LogP) is 3.67. The van der Waals surface area contributed by atoms with E-state index in [0.717, 1.165) is 12.8 Å². The largest absolute Gasteiger partial charge is 0.450 e. The van der Waals surface area contributed by atoms with E-state index in [1.807, 2.05) is 12.1 Å². The van der Waals surface area contributed by atoms with Crippen LogP contribution in [0, 0.1) is 0 Å². The maximum Gasteiger partial charge on any atom is 0.409 e. The third-order valence-corrected chi connectivity index (χ3v) is 5.44. The van der Waals surface area contributed by atoms with Crippen molar-refractivity contribution in [2.45, 2.75) is 25.8 Å². The molecule has 0 spiro atoms. The van der Waals surface area contributed by atoms with Gasteiger partial charge in [-0.1, -0.05) is 29.8 Å². The maximum absolute atomic E-state index is 12.6. The molecule has 1 amide bonds. The number of anilines is 1. The van der Waals surface area contributed by atoms with E-state index in [4.69, 9.17) is 16.3 Å². The summed E-state index contributed by atoms with van der Waals surface area (Å²) in [6.45, 7) is 3.40. The van der Waals surface area contributed by atoms with Crippen LogP contribution in [0.25, 0.3) is 22.2 Å². The van der Waals surface area contributed by atoms with Crippen molar-refractivity contribution < 1.29 is 9.53 Å². The van der Waals surface area contributed by atoms with Gasteiger partial charge in [-0.05, 0) is 31.9 Å². The minimum Gasteiger partial charge on any atom is -0.450 e. The highest BCUT2D eigenvalue weighted by Crippen LogP contribution is 2.26. The van der Waals surface area contributed by atoms with Gasteiger partial charge in [-0.2, -0.15) is 4.98 Å². The summed E-state index contributed by atoms with van der Waals surface area (Å²) in [5.41, 5.74) is 1.34. The number of H-pyrrole nitrogens is 1. The molecule has 1 aliphatic heterocycles. The van der Waals surface area contributed by atoms with Crippen molar-refractivity contribution in [3.8, 4) is 11.1 Å². The zero-order valence-corrected chi connectivity index (χ0v) is 17.3. The lowest BCUT2D eigenvalue weighted by molar-refractivity contribution is 0.0983. The lowest BCUT2D eigenvalue weighted by Gasteiger charge is -2.31. The number of halogens is 1. The zero-order chi connectivity index (χ0) is 21.1. The number of benzene rings is 1. The van der Waals surface area contributed by atoms with E-state index in [0.29, 0.717) is 52.8 Å². The summed E-state index contributed by atoms with van der Waals surface area (Å²) in [6, 6.07) is 9.09. The summed E-state index contributed by atoms with van der Waals surface area (Å²) in [5, 5.41) is 4.52. The van der Waals surface area contributed by atoms with Crippen LogP contribution in [0.5, 0.6) is 0 Å². The summed E-state index contributed by atoms with van der Waals surface area (Å²) in [6.07, 6.45) is 2.93. The second kappa shape index (κ2) is 8.71. The van der Waals surface area contributed by atoms with Crippen LogP contribution in [-0.2, 0) is 4.74 Å². The third kappa shape index (κ3) is 4.23. The van der Waals surface area contributed by atoms with Crippen LogP contribution in [-0.4, -0.2) is 51.7 Å². The van der Waals surface area contributed by atoms with Gasteiger partial charge in [0, 0.05) is 46.9 Å². The molecule has 1 aliphatic rings. The van der Waals surface area contributed by atoms with Gasteiger partial charge >= 0.3 is 6.09 Å². The Bertz CT molecular complexity index is 1130. The maximum atomic E-state index is 12.6. The van der Waals surface area contributed by atoms with Crippen LogP contribution in [0.4, 0.5) is 10.7 Å². The summed E-state index contributed by atoms with van der Waals surface area (Å²) in [5.74, 6) is 0.443. The molecule has 0 saturated carbocycles. The molecular formula is C21H22ClN5O3. The Morgan fingerprint density at radius 2 is 2.07 bits per heavy atom. The van der Waals surface area contributed by atoms with Gasteiger partial charge in [0.15, 0.2) is 0 Å². The number of nitrogens with one attached hydrogen (secondary N) is 2. The molecule has 156 valence electrons. The third-order valence-electron chi connectivity index (χ3n) is 5.11. The van der Waals surface area contributed by atoms with Gasteiger partial charge in [-0.25, -0.2) is 9.78 Å². The molecule has 1 fully saturated rings. The van der Waals surface area contributed by atoms with E-state index < -0.39 is 0 Å². The Kier molecular flexibility index (Phi) is 5.85. The number of carbonyl (C=O) groups excluding carboxylic acids is 1. The number of aromatic amines is 1. The molecule has 3 heterocycles. The van der Waals surface area contributed by atoms with E-state index in [2.05, 4.69) is 20.3 Å². The van der Waals surface area contributed by atoms with Gasteiger partial charge in [-0.3, -0.25) is 4.79 Å². The molecule has 0 radical (unpaired) electrons. The van der Waals surface area contributed by atoms with E-state index in [-0.39, 0.29) is 17.7 Å². The van der Waals surface area contributed by atoms with Gasteiger partial charge < -0.3 is 19.9 Å². The number of rotatable bonds is 4. The first kappa shape index (κ1) is 20.2. The smallest absolute Gasteiger partial charge is 0.409 e. The van der Waals surface area contributed by atoms with Crippen LogP contribution in [0.3, 0.4) is 0 Å². The summed E-state index contributed by atoms with van der Waals surface area (Å²) in [7, 11) is 0. The fourth-order valence-corrected chi connectivity index (χ4v) is 3.78. The predicted molar refractivity (Wildman–Crippen MR) is 116 cm³/mol. The second-order valence-electron chi connectivity index (χ2n) is 7.09. The number of likely N-dealkylation sites (tertiary alicyclic amines) is 1. The van der Waals surface area contributed by atoms with Crippen molar-refractivity contribution >= 4 is 34.7 Å². The molecule has 1 saturated heterocycles. The number of hydrogen-bond acceptors (Lipinski definition) is 6. The lowest BCUT2D eigenvalue weighted by atomic mass is 10.1. The van der Waals surface area contributed by atoms with Crippen LogP contribution in [0.1, 0.15) is 19.8 Å². The van der Waals surface area contributed by atoms with Crippen LogP contribution < -0.4 is 10.9 Å². The van der Waals surface area contributed by atoms with Crippen LogP contribution in [0.15, 0.2) is 41.3 Å². The Hall–Kier alpha value is -3.13. The number of carbonyl (C=O) groups is 1. The molecule has 9 heteroatoms. The molecule has 0 unspecified atom stereocenters. The fraction of sp³-hybridized carbons (Fsp3) is 0.333. The monoisotopic (exact) mass is 427 g/mol. The molecule has 2 N–H and O–H groups in total. The summed E-state index contributed by atoms with van der Waals surface area (Å²) in [4.78, 5) is 37.8. The normalized spacial score (nSPS) is 14.7. The minimum atomic E-state index is -0.273. The number of ether oxygens (including phenoxy) is 1. The standard InChI is InChI=1S/C21H22ClN5O3/c1-2-30-21(29)27-9-7-14(8-10-27)24-20-23-12-13-11-16(19(28)25-18(13)26-20)15-5-3-4-6-17(15)22/h3-6,11-12,14H,2,7-10H2,1H3,(H2,23,24,25,26,28). The number of amides is 1. The molecule has 2 aromatic heterocycles. The highest BCUT2D eigenvalue weighted by atomic mass is 35.5. The number of piperidine rings is 1. The average Bonchev–Trinajstić information content (AvgIpc) is 2.74. The lowest BCUT2D eigenvalue weighted by Crippen LogP contribution is -2.42. The molecule has 0 aliphatic carbocycles. The Labute approximate surface area is 178 Å². The van der Waals surface area contributed by atoms with Crippen molar-refractivity contribution in [3.63, 3.8) is 0 Å². The van der Waals surface area contributed by atoms with Crippen molar-refractivity contribution in [2.24, 2.45) is 0 Å². The second-order valence-corrected chi connectivity index (χ2v) is 7.50. The SMILES string of the molecule is CCOC(=O)N1CCC(Nc2ncc3cc(-c4ccccc4Cl)c(=O)[nH]c3n2)CC1. The van der Waals surface area contributed by atoms with Crippen LogP contribution >= 0.6 is 11.6 Å². The summed E-state index contributed by atoms with van der Waals surface area (Å²) >= 11 is 6.24. The minimum absolute atomic E-state index is 0.141. The summed E-state index contributed by atoms with van der Waals surface area (Å²) < 4.78 is 5.04. The molecule has 0 bridgehead atoms. The van der Waals surface area contributed by atoms with Crippen molar-refractivity contribution in [1.82, 2.24) is 19.9 Å². The molecule has 4 rings (SSSR count). The first-order chi connectivity index (χ1) is 14.5.